The van der Waals surface area contributed by atoms with E-state index in [1.165, 1.54) is 0 Å². The van der Waals surface area contributed by atoms with Crippen LogP contribution >= 0.6 is 0 Å². The van der Waals surface area contributed by atoms with Crippen LogP contribution < -0.4 is 5.32 Å². The van der Waals surface area contributed by atoms with Crippen molar-refractivity contribution < 1.29 is 13.2 Å². The van der Waals surface area contributed by atoms with Gasteiger partial charge in [-0.05, 0) is 31.4 Å². The second-order valence-corrected chi connectivity index (χ2v) is 8.28. The Morgan fingerprint density at radius 3 is 2.32 bits per heavy atom. The predicted molar refractivity (Wildman–Crippen MR) is 89.4 cm³/mol. The van der Waals surface area contributed by atoms with Crippen molar-refractivity contribution in [3.63, 3.8) is 0 Å². The summed E-state index contributed by atoms with van der Waals surface area (Å²) in [5, 5.41) is 2.87. The maximum atomic E-state index is 12.1. The molecule has 0 saturated heterocycles. The molecule has 0 aliphatic carbocycles. The molecule has 124 valence electrons. The van der Waals surface area contributed by atoms with E-state index >= 15 is 0 Å². The van der Waals surface area contributed by atoms with Crippen molar-refractivity contribution in [2.75, 3.05) is 5.75 Å². The minimum atomic E-state index is -3.38. The highest BCUT2D eigenvalue weighted by molar-refractivity contribution is 7.91. The van der Waals surface area contributed by atoms with E-state index in [1.54, 1.807) is 30.3 Å². The summed E-state index contributed by atoms with van der Waals surface area (Å²) in [4.78, 5) is 12.1. The Labute approximate surface area is 134 Å². The van der Waals surface area contributed by atoms with Gasteiger partial charge in [0.25, 0.3) is 0 Å². The van der Waals surface area contributed by atoms with Crippen molar-refractivity contribution in [1.29, 1.82) is 0 Å². The van der Waals surface area contributed by atoms with Crippen LogP contribution in [0.15, 0.2) is 35.2 Å². The molecule has 1 rings (SSSR count). The highest BCUT2D eigenvalue weighted by Crippen LogP contribution is 2.11. The summed E-state index contributed by atoms with van der Waals surface area (Å²) in [6, 6.07) is 8.34. The van der Waals surface area contributed by atoms with Crippen molar-refractivity contribution in [1.82, 2.24) is 5.32 Å². The summed E-state index contributed by atoms with van der Waals surface area (Å²) in [6.07, 6.45) is 3.14. The monoisotopic (exact) mass is 325 g/mol. The van der Waals surface area contributed by atoms with Gasteiger partial charge in [-0.3, -0.25) is 4.79 Å². The summed E-state index contributed by atoms with van der Waals surface area (Å²) in [7, 11) is -3.38. The zero-order valence-corrected chi connectivity index (χ0v) is 14.5. The fourth-order valence-corrected chi connectivity index (χ4v) is 3.49. The minimum Gasteiger partial charge on any atom is -0.354 e. The van der Waals surface area contributed by atoms with Gasteiger partial charge in [-0.15, -0.1) is 0 Å². The number of rotatable bonds is 9. The topological polar surface area (TPSA) is 63.2 Å². The first kappa shape index (κ1) is 18.7. The van der Waals surface area contributed by atoms with Crippen molar-refractivity contribution in [2.45, 2.75) is 57.4 Å². The van der Waals surface area contributed by atoms with E-state index in [-0.39, 0.29) is 29.0 Å². The Kier molecular flexibility index (Phi) is 7.59. The van der Waals surface area contributed by atoms with Crippen LogP contribution in [0.5, 0.6) is 0 Å². The molecule has 1 aromatic rings. The number of hydrogen-bond acceptors (Lipinski definition) is 3. The van der Waals surface area contributed by atoms with Crippen LogP contribution in [0.25, 0.3) is 0 Å². The van der Waals surface area contributed by atoms with Crippen molar-refractivity contribution in [3.05, 3.63) is 30.3 Å². The van der Waals surface area contributed by atoms with Gasteiger partial charge in [0.05, 0.1) is 10.6 Å². The molecule has 4 nitrogen and oxygen atoms in total. The average Bonchev–Trinajstić information content (AvgIpc) is 2.46. The fraction of sp³-hybridized carbons (Fsp3) is 0.588. The summed E-state index contributed by atoms with van der Waals surface area (Å²) < 4.78 is 24.2. The van der Waals surface area contributed by atoms with Gasteiger partial charge in [-0.1, -0.05) is 44.9 Å². The Hall–Kier alpha value is -1.36. The molecule has 1 atom stereocenters. The van der Waals surface area contributed by atoms with Crippen LogP contribution in [0.3, 0.4) is 0 Å². The quantitative estimate of drug-likeness (QED) is 0.758. The summed E-state index contributed by atoms with van der Waals surface area (Å²) in [5.41, 5.74) is 0. The molecule has 0 saturated carbocycles. The molecule has 0 aliphatic rings. The normalized spacial score (nSPS) is 13.1. The number of sulfone groups is 1. The molecule has 1 amide bonds. The van der Waals surface area contributed by atoms with Gasteiger partial charge < -0.3 is 5.32 Å². The van der Waals surface area contributed by atoms with Crippen LogP contribution in [-0.2, 0) is 14.6 Å². The van der Waals surface area contributed by atoms with Crippen molar-refractivity contribution in [2.24, 2.45) is 5.92 Å². The summed E-state index contributed by atoms with van der Waals surface area (Å²) in [5.74, 6) is 0.317. The highest BCUT2D eigenvalue weighted by Gasteiger charge is 2.16. The van der Waals surface area contributed by atoms with E-state index in [0.29, 0.717) is 5.92 Å². The molecule has 5 heteroatoms. The van der Waals surface area contributed by atoms with Gasteiger partial charge >= 0.3 is 0 Å². The third-order valence-corrected chi connectivity index (χ3v) is 5.26. The Bertz CT molecular complexity index is 553. The van der Waals surface area contributed by atoms with E-state index < -0.39 is 9.84 Å². The fourth-order valence-electron chi connectivity index (χ4n) is 2.22. The Balaban J connectivity index is 2.37. The zero-order chi connectivity index (χ0) is 16.6. The lowest BCUT2D eigenvalue weighted by molar-refractivity contribution is -0.121. The molecule has 0 spiro atoms. The SMILES string of the molecule is CC(C)CCCC(C)NC(=O)CCS(=O)(=O)c1ccccc1. The first-order valence-electron chi connectivity index (χ1n) is 7.88. The van der Waals surface area contributed by atoms with Crippen molar-refractivity contribution in [3.8, 4) is 0 Å². The zero-order valence-electron chi connectivity index (χ0n) is 13.7. The van der Waals surface area contributed by atoms with Crippen LogP contribution in [-0.4, -0.2) is 26.1 Å². The molecule has 22 heavy (non-hydrogen) atoms. The van der Waals surface area contributed by atoms with Crippen LogP contribution in [0.1, 0.15) is 46.5 Å². The Morgan fingerprint density at radius 2 is 1.73 bits per heavy atom. The predicted octanol–water partition coefficient (Wildman–Crippen LogP) is 3.18. The molecule has 0 bridgehead atoms. The number of carbonyl (C=O) groups is 1. The number of nitrogens with one attached hydrogen (secondary N) is 1. The first-order chi connectivity index (χ1) is 10.3. The number of benzene rings is 1. The molecule has 0 aromatic heterocycles. The molecule has 0 heterocycles. The molecular formula is C17H27NO3S. The van der Waals surface area contributed by atoms with Crippen LogP contribution in [0.4, 0.5) is 0 Å². The molecule has 0 radical (unpaired) electrons. The standard InChI is InChI=1S/C17H27NO3S/c1-14(2)8-7-9-15(3)18-17(19)12-13-22(20,21)16-10-5-4-6-11-16/h4-6,10-11,14-15H,7-9,12-13H2,1-3H3,(H,18,19). The molecule has 0 fully saturated rings. The second-order valence-electron chi connectivity index (χ2n) is 6.18. The third-order valence-electron chi connectivity index (χ3n) is 3.53. The van der Waals surface area contributed by atoms with Crippen molar-refractivity contribution >= 4 is 15.7 Å². The van der Waals surface area contributed by atoms with E-state index in [1.807, 2.05) is 6.92 Å². The van der Waals surface area contributed by atoms with Gasteiger partial charge in [-0.2, -0.15) is 0 Å². The third kappa shape index (κ3) is 7.07. The summed E-state index contributed by atoms with van der Waals surface area (Å²) >= 11 is 0. The molecule has 1 N–H and O–H groups in total. The van der Waals surface area contributed by atoms with E-state index in [0.717, 1.165) is 19.3 Å². The number of hydrogen-bond donors (Lipinski definition) is 1. The Morgan fingerprint density at radius 1 is 1.09 bits per heavy atom. The maximum absolute atomic E-state index is 12.1. The first-order valence-corrected chi connectivity index (χ1v) is 9.53. The lowest BCUT2D eigenvalue weighted by Crippen LogP contribution is -2.33. The smallest absolute Gasteiger partial charge is 0.221 e. The van der Waals surface area contributed by atoms with Gasteiger partial charge in [0.2, 0.25) is 5.91 Å². The van der Waals surface area contributed by atoms with E-state index in [9.17, 15) is 13.2 Å². The number of carbonyl (C=O) groups excluding carboxylic acids is 1. The van der Waals surface area contributed by atoms with Gasteiger partial charge in [0.1, 0.15) is 0 Å². The lowest BCUT2D eigenvalue weighted by atomic mass is 10.0. The minimum absolute atomic E-state index is 0.00570. The maximum Gasteiger partial charge on any atom is 0.221 e. The van der Waals surface area contributed by atoms with Gasteiger partial charge in [-0.25, -0.2) is 8.42 Å². The molecule has 0 aliphatic heterocycles. The highest BCUT2D eigenvalue weighted by atomic mass is 32.2. The molecule has 1 aromatic carbocycles. The lowest BCUT2D eigenvalue weighted by Gasteiger charge is -2.14. The average molecular weight is 325 g/mol. The summed E-state index contributed by atoms with van der Waals surface area (Å²) in [6.45, 7) is 6.32. The van der Waals surface area contributed by atoms with E-state index in [2.05, 4.69) is 19.2 Å². The van der Waals surface area contributed by atoms with Crippen LogP contribution in [0, 0.1) is 5.92 Å². The van der Waals surface area contributed by atoms with Gasteiger partial charge in [0.15, 0.2) is 9.84 Å². The number of amides is 1. The molecular weight excluding hydrogens is 298 g/mol. The van der Waals surface area contributed by atoms with Gasteiger partial charge in [0, 0.05) is 12.5 Å². The van der Waals surface area contributed by atoms with E-state index in [4.69, 9.17) is 0 Å². The van der Waals surface area contributed by atoms with Crippen LogP contribution in [0.2, 0.25) is 0 Å². The second kappa shape index (κ2) is 8.93. The molecule has 1 unspecified atom stereocenters. The largest absolute Gasteiger partial charge is 0.354 e.